The van der Waals surface area contributed by atoms with Gasteiger partial charge in [-0.05, 0) is 27.2 Å². The van der Waals surface area contributed by atoms with E-state index in [1.54, 1.807) is 14.0 Å². The highest BCUT2D eigenvalue weighted by Gasteiger charge is 2.18. The van der Waals surface area contributed by atoms with E-state index in [-0.39, 0.29) is 12.2 Å². The molecule has 0 aromatic carbocycles. The molecule has 0 spiro atoms. The summed E-state index contributed by atoms with van der Waals surface area (Å²) in [4.78, 5) is 11.1. The topological polar surface area (TPSA) is 70.8 Å². The second-order valence-electron chi connectivity index (χ2n) is 4.15. The molecule has 5 nitrogen and oxygen atoms in total. The lowest BCUT2D eigenvalue weighted by Gasteiger charge is -2.22. The first-order valence-corrected chi connectivity index (χ1v) is 5.48. The number of rotatable bonds is 8. The van der Waals surface area contributed by atoms with E-state index >= 15 is 0 Å². The summed E-state index contributed by atoms with van der Waals surface area (Å²) in [5.74, 6) is -0.423. The lowest BCUT2D eigenvalue weighted by Crippen LogP contribution is -2.37. The quantitative estimate of drug-likeness (QED) is 0.494. The van der Waals surface area contributed by atoms with Crippen LogP contribution in [0.4, 0.5) is 0 Å². The van der Waals surface area contributed by atoms with Gasteiger partial charge in [0.1, 0.15) is 6.04 Å². The fraction of sp³-hybridized carbons (Fsp3) is 0.909. The Hall–Kier alpha value is -0.650. The Morgan fingerprint density at radius 1 is 1.44 bits per heavy atom. The van der Waals surface area contributed by atoms with E-state index in [0.29, 0.717) is 13.2 Å². The Balaban J connectivity index is 3.62. The van der Waals surface area contributed by atoms with Crippen molar-refractivity contribution in [3.63, 3.8) is 0 Å². The monoisotopic (exact) mass is 233 g/mol. The van der Waals surface area contributed by atoms with Crippen molar-refractivity contribution in [3.05, 3.63) is 0 Å². The van der Waals surface area contributed by atoms with Gasteiger partial charge in [-0.25, -0.2) is 0 Å². The van der Waals surface area contributed by atoms with Gasteiger partial charge in [-0.1, -0.05) is 0 Å². The van der Waals surface area contributed by atoms with Gasteiger partial charge < -0.3 is 19.9 Å². The molecule has 0 aliphatic rings. The van der Waals surface area contributed by atoms with Crippen LogP contribution in [0.3, 0.4) is 0 Å². The third kappa shape index (κ3) is 6.76. The zero-order valence-electron chi connectivity index (χ0n) is 10.6. The average Bonchev–Trinajstić information content (AvgIpc) is 2.24. The van der Waals surface area contributed by atoms with Gasteiger partial charge in [-0.15, -0.1) is 0 Å². The predicted molar refractivity (Wildman–Crippen MR) is 61.1 cm³/mol. The number of hydrogen-bond acceptors (Lipinski definition) is 5. The van der Waals surface area contributed by atoms with E-state index in [9.17, 15) is 4.79 Å². The molecule has 0 rings (SSSR count). The van der Waals surface area contributed by atoms with Crippen LogP contribution in [-0.2, 0) is 19.0 Å². The molecule has 0 fully saturated rings. The molecule has 96 valence electrons. The molecule has 0 bridgehead atoms. The van der Waals surface area contributed by atoms with E-state index in [4.69, 9.17) is 19.9 Å². The fourth-order valence-corrected chi connectivity index (χ4v) is 0.948. The SMILES string of the molecule is CCOC(=O)C(N)COCCC(C)(C)OC. The van der Waals surface area contributed by atoms with Crippen molar-refractivity contribution in [2.45, 2.75) is 38.8 Å². The minimum Gasteiger partial charge on any atom is -0.465 e. The molecule has 0 aliphatic heterocycles. The van der Waals surface area contributed by atoms with Crippen LogP contribution in [0.25, 0.3) is 0 Å². The van der Waals surface area contributed by atoms with Crippen molar-refractivity contribution >= 4 is 5.97 Å². The van der Waals surface area contributed by atoms with Crippen LogP contribution >= 0.6 is 0 Å². The summed E-state index contributed by atoms with van der Waals surface area (Å²) in [7, 11) is 1.66. The molecule has 5 heteroatoms. The smallest absolute Gasteiger partial charge is 0.325 e. The Kier molecular flexibility index (Phi) is 7.29. The average molecular weight is 233 g/mol. The maximum Gasteiger partial charge on any atom is 0.325 e. The van der Waals surface area contributed by atoms with Crippen LogP contribution in [0.1, 0.15) is 27.2 Å². The number of esters is 1. The highest BCUT2D eigenvalue weighted by molar-refractivity contribution is 5.75. The molecule has 1 unspecified atom stereocenters. The van der Waals surface area contributed by atoms with Crippen molar-refractivity contribution < 1.29 is 19.0 Å². The van der Waals surface area contributed by atoms with Gasteiger partial charge in [0, 0.05) is 13.7 Å². The van der Waals surface area contributed by atoms with Gasteiger partial charge in [0.25, 0.3) is 0 Å². The number of carbonyl (C=O) groups excluding carboxylic acids is 1. The zero-order chi connectivity index (χ0) is 12.6. The van der Waals surface area contributed by atoms with Crippen LogP contribution in [-0.4, -0.2) is 44.5 Å². The first-order chi connectivity index (χ1) is 7.43. The third-order valence-electron chi connectivity index (χ3n) is 2.29. The largest absolute Gasteiger partial charge is 0.465 e. The summed E-state index contributed by atoms with van der Waals surface area (Å²) in [5, 5.41) is 0. The summed E-state index contributed by atoms with van der Waals surface area (Å²) in [6.45, 7) is 6.71. The number of methoxy groups -OCH3 is 1. The molecule has 0 saturated carbocycles. The Morgan fingerprint density at radius 2 is 2.06 bits per heavy atom. The van der Waals surface area contributed by atoms with Crippen LogP contribution in [0, 0.1) is 0 Å². The van der Waals surface area contributed by atoms with Crippen molar-refractivity contribution in [2.24, 2.45) is 5.73 Å². The second-order valence-corrected chi connectivity index (χ2v) is 4.15. The molecule has 0 radical (unpaired) electrons. The second kappa shape index (κ2) is 7.60. The molecular weight excluding hydrogens is 210 g/mol. The summed E-state index contributed by atoms with van der Waals surface area (Å²) in [5.41, 5.74) is 5.34. The summed E-state index contributed by atoms with van der Waals surface area (Å²) < 4.78 is 15.3. The van der Waals surface area contributed by atoms with Gasteiger partial charge in [-0.3, -0.25) is 4.79 Å². The highest BCUT2D eigenvalue weighted by Crippen LogP contribution is 2.12. The van der Waals surface area contributed by atoms with Crippen molar-refractivity contribution in [1.82, 2.24) is 0 Å². The molecule has 0 aliphatic carbocycles. The molecule has 0 aromatic heterocycles. The van der Waals surface area contributed by atoms with E-state index < -0.39 is 12.0 Å². The molecule has 1 atom stereocenters. The zero-order valence-corrected chi connectivity index (χ0v) is 10.6. The van der Waals surface area contributed by atoms with E-state index in [1.807, 2.05) is 13.8 Å². The van der Waals surface area contributed by atoms with Gasteiger partial charge in [0.15, 0.2) is 0 Å². The fourth-order valence-electron chi connectivity index (χ4n) is 0.948. The van der Waals surface area contributed by atoms with Crippen molar-refractivity contribution in [2.75, 3.05) is 26.9 Å². The predicted octanol–water partition coefficient (Wildman–Crippen LogP) is 0.709. The van der Waals surface area contributed by atoms with Gasteiger partial charge in [0.05, 0.1) is 18.8 Å². The summed E-state index contributed by atoms with van der Waals surface area (Å²) >= 11 is 0. The van der Waals surface area contributed by atoms with E-state index in [0.717, 1.165) is 6.42 Å². The van der Waals surface area contributed by atoms with Crippen molar-refractivity contribution in [1.29, 1.82) is 0 Å². The standard InChI is InChI=1S/C11H23NO4/c1-5-16-10(13)9(12)8-15-7-6-11(2,3)14-4/h9H,5-8,12H2,1-4H3. The first-order valence-electron chi connectivity index (χ1n) is 5.48. The summed E-state index contributed by atoms with van der Waals surface area (Å²) in [6.07, 6.45) is 0.749. The molecule has 0 saturated heterocycles. The maximum absolute atomic E-state index is 11.1. The molecule has 2 N–H and O–H groups in total. The minimum absolute atomic E-state index is 0.179. The molecule has 0 amide bonds. The van der Waals surface area contributed by atoms with Crippen LogP contribution in [0.5, 0.6) is 0 Å². The Labute approximate surface area is 97.2 Å². The van der Waals surface area contributed by atoms with Crippen molar-refractivity contribution in [3.8, 4) is 0 Å². The van der Waals surface area contributed by atoms with Crippen LogP contribution in [0.15, 0.2) is 0 Å². The minimum atomic E-state index is -0.703. The van der Waals surface area contributed by atoms with E-state index in [2.05, 4.69) is 0 Å². The normalized spacial score (nSPS) is 13.6. The molecule has 0 aromatic rings. The molecular formula is C11H23NO4. The Bertz CT molecular complexity index is 206. The number of carbonyl (C=O) groups is 1. The number of hydrogen-bond donors (Lipinski definition) is 1. The number of ether oxygens (including phenoxy) is 3. The lowest BCUT2D eigenvalue weighted by molar-refractivity contribution is -0.146. The maximum atomic E-state index is 11.1. The third-order valence-corrected chi connectivity index (χ3v) is 2.29. The Morgan fingerprint density at radius 3 is 2.56 bits per heavy atom. The molecule has 0 heterocycles. The first kappa shape index (κ1) is 15.3. The van der Waals surface area contributed by atoms with E-state index in [1.165, 1.54) is 0 Å². The van der Waals surface area contributed by atoms with Gasteiger partial charge in [-0.2, -0.15) is 0 Å². The number of nitrogens with two attached hydrogens (primary N) is 1. The van der Waals surface area contributed by atoms with Gasteiger partial charge in [0.2, 0.25) is 0 Å². The summed E-state index contributed by atoms with van der Waals surface area (Å²) in [6, 6.07) is -0.703. The van der Waals surface area contributed by atoms with Crippen LogP contribution in [0.2, 0.25) is 0 Å². The highest BCUT2D eigenvalue weighted by atomic mass is 16.5. The van der Waals surface area contributed by atoms with Crippen LogP contribution < -0.4 is 5.73 Å². The lowest BCUT2D eigenvalue weighted by atomic mass is 10.1. The molecule has 16 heavy (non-hydrogen) atoms. The van der Waals surface area contributed by atoms with Gasteiger partial charge >= 0.3 is 5.97 Å².